The number of nitrogens with zero attached hydrogens (tertiary/aromatic N) is 2. The van der Waals surface area contributed by atoms with Gasteiger partial charge in [0.25, 0.3) is 0 Å². The van der Waals surface area contributed by atoms with Crippen LogP contribution in [0.15, 0.2) is 30.7 Å². The van der Waals surface area contributed by atoms with Crippen LogP contribution in [0.3, 0.4) is 0 Å². The standard InChI is InChI=1S/C13H12FN3O3/c1-20-12-4-8(2-3-10(12)14)16-6-11-9(13(18)19)5-15-7-17-11/h2-5,7,16H,6H2,1H3,(H,18,19). The summed E-state index contributed by atoms with van der Waals surface area (Å²) in [5.41, 5.74) is 0.961. The summed E-state index contributed by atoms with van der Waals surface area (Å²) in [4.78, 5) is 18.6. The van der Waals surface area contributed by atoms with E-state index >= 15 is 0 Å². The van der Waals surface area contributed by atoms with Crippen LogP contribution in [0.4, 0.5) is 10.1 Å². The van der Waals surface area contributed by atoms with E-state index in [0.29, 0.717) is 11.4 Å². The van der Waals surface area contributed by atoms with Crippen LogP contribution in [0.5, 0.6) is 5.75 Å². The Hall–Kier alpha value is -2.70. The molecule has 0 unspecified atom stereocenters. The second-order valence-corrected chi connectivity index (χ2v) is 3.89. The number of carboxylic acids is 1. The highest BCUT2D eigenvalue weighted by Gasteiger charge is 2.11. The molecule has 1 aromatic carbocycles. The average Bonchev–Trinajstić information content (AvgIpc) is 2.46. The number of hydrogen-bond acceptors (Lipinski definition) is 5. The molecule has 7 heteroatoms. The molecule has 2 aromatic rings. The molecule has 0 atom stereocenters. The maximum absolute atomic E-state index is 13.3. The molecule has 0 radical (unpaired) electrons. The van der Waals surface area contributed by atoms with Gasteiger partial charge in [0.15, 0.2) is 11.6 Å². The van der Waals surface area contributed by atoms with Gasteiger partial charge < -0.3 is 15.2 Å². The number of ether oxygens (including phenoxy) is 1. The fraction of sp³-hybridized carbons (Fsp3) is 0.154. The van der Waals surface area contributed by atoms with Crippen molar-refractivity contribution in [2.45, 2.75) is 6.54 Å². The summed E-state index contributed by atoms with van der Waals surface area (Å²) in [7, 11) is 1.37. The first kappa shape index (κ1) is 13.7. The van der Waals surface area contributed by atoms with Crippen molar-refractivity contribution in [1.29, 1.82) is 0 Å². The third-order valence-corrected chi connectivity index (χ3v) is 2.64. The van der Waals surface area contributed by atoms with E-state index in [0.717, 1.165) is 0 Å². The first-order chi connectivity index (χ1) is 9.61. The maximum atomic E-state index is 13.3. The van der Waals surface area contributed by atoms with Crippen molar-refractivity contribution in [3.8, 4) is 5.75 Å². The van der Waals surface area contributed by atoms with E-state index in [1.165, 1.54) is 37.8 Å². The number of carbonyl (C=O) groups is 1. The molecule has 2 N–H and O–H groups in total. The topological polar surface area (TPSA) is 84.3 Å². The Kier molecular flexibility index (Phi) is 4.09. The number of rotatable bonds is 5. The van der Waals surface area contributed by atoms with Crippen LogP contribution in [0.2, 0.25) is 0 Å². The highest BCUT2D eigenvalue weighted by atomic mass is 19.1. The van der Waals surface area contributed by atoms with Gasteiger partial charge in [-0.2, -0.15) is 0 Å². The smallest absolute Gasteiger partial charge is 0.339 e. The molecule has 0 bridgehead atoms. The van der Waals surface area contributed by atoms with Gasteiger partial charge in [-0.3, -0.25) is 0 Å². The lowest BCUT2D eigenvalue weighted by molar-refractivity contribution is 0.0694. The lowest BCUT2D eigenvalue weighted by atomic mass is 10.2. The van der Waals surface area contributed by atoms with Crippen molar-refractivity contribution in [3.05, 3.63) is 47.8 Å². The highest BCUT2D eigenvalue weighted by molar-refractivity contribution is 5.88. The Morgan fingerprint density at radius 3 is 3.00 bits per heavy atom. The monoisotopic (exact) mass is 277 g/mol. The number of halogens is 1. The molecule has 0 aliphatic heterocycles. The van der Waals surface area contributed by atoms with Crippen LogP contribution in [0.1, 0.15) is 16.1 Å². The van der Waals surface area contributed by atoms with Gasteiger partial charge >= 0.3 is 5.97 Å². The first-order valence-electron chi connectivity index (χ1n) is 5.71. The molecule has 0 saturated carbocycles. The number of benzene rings is 1. The first-order valence-corrected chi connectivity index (χ1v) is 5.71. The maximum Gasteiger partial charge on any atom is 0.339 e. The molecule has 0 aliphatic carbocycles. The van der Waals surface area contributed by atoms with E-state index in [9.17, 15) is 9.18 Å². The fourth-order valence-electron chi connectivity index (χ4n) is 1.63. The van der Waals surface area contributed by atoms with E-state index in [-0.39, 0.29) is 17.9 Å². The van der Waals surface area contributed by atoms with Gasteiger partial charge in [0.1, 0.15) is 11.9 Å². The Morgan fingerprint density at radius 1 is 1.50 bits per heavy atom. The second kappa shape index (κ2) is 5.96. The summed E-state index contributed by atoms with van der Waals surface area (Å²) in [6, 6.07) is 4.27. The number of methoxy groups -OCH3 is 1. The molecule has 0 amide bonds. The van der Waals surface area contributed by atoms with Gasteiger partial charge in [0.05, 0.1) is 19.3 Å². The molecule has 0 aliphatic rings. The molecule has 1 heterocycles. The number of carboxylic acid groups (broad SMARTS) is 1. The van der Waals surface area contributed by atoms with Crippen LogP contribution in [0, 0.1) is 5.82 Å². The highest BCUT2D eigenvalue weighted by Crippen LogP contribution is 2.21. The predicted octanol–water partition coefficient (Wildman–Crippen LogP) is 1.93. The third-order valence-electron chi connectivity index (χ3n) is 2.64. The van der Waals surface area contributed by atoms with Crippen molar-refractivity contribution in [2.75, 3.05) is 12.4 Å². The van der Waals surface area contributed by atoms with E-state index in [1.807, 2.05) is 0 Å². The number of anilines is 1. The Bertz CT molecular complexity index is 634. The van der Waals surface area contributed by atoms with E-state index < -0.39 is 11.8 Å². The van der Waals surface area contributed by atoms with Crippen LogP contribution in [0.25, 0.3) is 0 Å². The van der Waals surface area contributed by atoms with Crippen LogP contribution in [-0.4, -0.2) is 28.2 Å². The SMILES string of the molecule is COc1cc(NCc2ncncc2C(=O)O)ccc1F. The largest absolute Gasteiger partial charge is 0.494 e. The minimum Gasteiger partial charge on any atom is -0.494 e. The molecule has 1 aromatic heterocycles. The van der Waals surface area contributed by atoms with Crippen LogP contribution < -0.4 is 10.1 Å². The van der Waals surface area contributed by atoms with Gasteiger partial charge in [0, 0.05) is 18.0 Å². The predicted molar refractivity (Wildman–Crippen MR) is 69.3 cm³/mol. The van der Waals surface area contributed by atoms with Gasteiger partial charge in [-0.05, 0) is 12.1 Å². The van der Waals surface area contributed by atoms with Crippen LogP contribution in [-0.2, 0) is 6.54 Å². The van der Waals surface area contributed by atoms with Crippen molar-refractivity contribution in [3.63, 3.8) is 0 Å². The number of nitrogens with one attached hydrogen (secondary N) is 1. The van der Waals surface area contributed by atoms with Gasteiger partial charge in [-0.25, -0.2) is 19.2 Å². The average molecular weight is 277 g/mol. The number of aromatic nitrogens is 2. The van der Waals surface area contributed by atoms with E-state index in [1.54, 1.807) is 0 Å². The minimum atomic E-state index is -1.10. The summed E-state index contributed by atoms with van der Waals surface area (Å²) in [5, 5.41) is 12.0. The minimum absolute atomic E-state index is 0.0223. The molecule has 2 rings (SSSR count). The van der Waals surface area contributed by atoms with E-state index in [2.05, 4.69) is 15.3 Å². The quantitative estimate of drug-likeness (QED) is 0.868. The zero-order chi connectivity index (χ0) is 14.5. The molecular formula is C13H12FN3O3. The summed E-state index contributed by atoms with van der Waals surface area (Å²) in [6.45, 7) is 0.180. The normalized spacial score (nSPS) is 10.1. The van der Waals surface area contributed by atoms with Crippen molar-refractivity contribution >= 4 is 11.7 Å². The van der Waals surface area contributed by atoms with E-state index in [4.69, 9.17) is 9.84 Å². The summed E-state index contributed by atoms with van der Waals surface area (Å²) in [5.74, 6) is -1.46. The lowest BCUT2D eigenvalue weighted by Gasteiger charge is -2.09. The van der Waals surface area contributed by atoms with Gasteiger partial charge in [-0.1, -0.05) is 0 Å². The molecule has 0 saturated heterocycles. The van der Waals surface area contributed by atoms with Gasteiger partial charge in [-0.15, -0.1) is 0 Å². The summed E-state index contributed by atoms with van der Waals surface area (Å²) >= 11 is 0. The Labute approximate surface area is 114 Å². The fourth-order valence-corrected chi connectivity index (χ4v) is 1.63. The zero-order valence-electron chi connectivity index (χ0n) is 10.6. The lowest BCUT2D eigenvalue weighted by Crippen LogP contribution is -2.10. The van der Waals surface area contributed by atoms with Crippen LogP contribution >= 0.6 is 0 Å². The van der Waals surface area contributed by atoms with Gasteiger partial charge in [0.2, 0.25) is 0 Å². The second-order valence-electron chi connectivity index (χ2n) is 3.89. The molecular weight excluding hydrogens is 265 g/mol. The Morgan fingerprint density at radius 2 is 2.30 bits per heavy atom. The number of hydrogen-bond donors (Lipinski definition) is 2. The number of aromatic carboxylic acids is 1. The zero-order valence-corrected chi connectivity index (χ0v) is 10.6. The van der Waals surface area contributed by atoms with Crippen molar-refractivity contribution < 1.29 is 19.0 Å². The molecule has 0 fully saturated rings. The van der Waals surface area contributed by atoms with Crippen molar-refractivity contribution in [1.82, 2.24) is 9.97 Å². The molecule has 6 nitrogen and oxygen atoms in total. The third kappa shape index (κ3) is 3.00. The summed E-state index contributed by atoms with van der Waals surface area (Å²) in [6.07, 6.45) is 2.51. The Balaban J connectivity index is 2.15. The molecule has 0 spiro atoms. The molecule has 20 heavy (non-hydrogen) atoms. The molecule has 104 valence electrons. The summed E-state index contributed by atoms with van der Waals surface area (Å²) < 4.78 is 18.1. The van der Waals surface area contributed by atoms with Crippen molar-refractivity contribution in [2.24, 2.45) is 0 Å².